The van der Waals surface area contributed by atoms with E-state index in [1.54, 1.807) is 6.07 Å². The highest BCUT2D eigenvalue weighted by atomic mass is 35.5. The first-order valence-electron chi connectivity index (χ1n) is 8.08. The molecule has 0 amide bonds. The molecule has 22 heavy (non-hydrogen) atoms. The van der Waals surface area contributed by atoms with E-state index >= 15 is 0 Å². The van der Waals surface area contributed by atoms with E-state index in [4.69, 9.17) is 32.7 Å². The highest BCUT2D eigenvalue weighted by Crippen LogP contribution is 2.32. The van der Waals surface area contributed by atoms with Gasteiger partial charge in [-0.15, -0.1) is 0 Å². The molecule has 0 aliphatic rings. The van der Waals surface area contributed by atoms with Gasteiger partial charge in [0.25, 0.3) is 0 Å². The molecule has 0 aliphatic heterocycles. The Kier molecular flexibility index (Phi) is 10.7. The van der Waals surface area contributed by atoms with Crippen LogP contribution in [0.25, 0.3) is 0 Å². The summed E-state index contributed by atoms with van der Waals surface area (Å²) in [4.78, 5) is 0. The molecule has 3 nitrogen and oxygen atoms in total. The number of halogens is 2. The zero-order chi connectivity index (χ0) is 16.2. The van der Waals surface area contributed by atoms with Crippen molar-refractivity contribution in [2.75, 3.05) is 26.4 Å². The molecule has 1 N–H and O–H groups in total. The second kappa shape index (κ2) is 12.0. The highest BCUT2D eigenvalue weighted by molar-refractivity contribution is 6.35. The van der Waals surface area contributed by atoms with Crippen molar-refractivity contribution in [3.63, 3.8) is 0 Å². The van der Waals surface area contributed by atoms with Crippen LogP contribution in [-0.2, 0) is 11.3 Å². The van der Waals surface area contributed by atoms with E-state index in [-0.39, 0.29) is 0 Å². The maximum absolute atomic E-state index is 6.22. The van der Waals surface area contributed by atoms with Crippen LogP contribution in [0.15, 0.2) is 12.1 Å². The van der Waals surface area contributed by atoms with E-state index in [1.165, 1.54) is 6.42 Å². The topological polar surface area (TPSA) is 30.5 Å². The lowest BCUT2D eigenvalue weighted by molar-refractivity contribution is 0.128. The maximum Gasteiger partial charge on any atom is 0.142 e. The molecule has 0 aliphatic carbocycles. The third-order valence-electron chi connectivity index (χ3n) is 3.14. The van der Waals surface area contributed by atoms with Crippen molar-refractivity contribution in [2.24, 2.45) is 0 Å². The first-order chi connectivity index (χ1) is 10.7. The molecule has 126 valence electrons. The summed E-state index contributed by atoms with van der Waals surface area (Å²) in [6.45, 7) is 8.12. The van der Waals surface area contributed by atoms with Crippen molar-refractivity contribution >= 4 is 23.2 Å². The van der Waals surface area contributed by atoms with Crippen LogP contribution in [0.3, 0.4) is 0 Å². The van der Waals surface area contributed by atoms with Crippen LogP contribution in [0.5, 0.6) is 5.75 Å². The fourth-order valence-corrected chi connectivity index (χ4v) is 2.57. The van der Waals surface area contributed by atoms with Gasteiger partial charge in [0.05, 0.1) is 11.6 Å². The predicted octanol–water partition coefficient (Wildman–Crippen LogP) is 5.08. The van der Waals surface area contributed by atoms with Crippen molar-refractivity contribution in [2.45, 2.75) is 46.1 Å². The van der Waals surface area contributed by atoms with Gasteiger partial charge in [-0.05, 0) is 37.9 Å². The lowest BCUT2D eigenvalue weighted by atomic mass is 10.2. The van der Waals surface area contributed by atoms with Gasteiger partial charge >= 0.3 is 0 Å². The van der Waals surface area contributed by atoms with Crippen LogP contribution in [0.1, 0.15) is 45.1 Å². The SMILES string of the molecule is CCCCOCCCNCc1cc(Cl)cc(Cl)c1OCCC. The van der Waals surface area contributed by atoms with E-state index in [1.807, 2.05) is 6.07 Å². The van der Waals surface area contributed by atoms with Crippen molar-refractivity contribution < 1.29 is 9.47 Å². The second-order valence-electron chi connectivity index (χ2n) is 5.22. The zero-order valence-corrected chi connectivity index (χ0v) is 15.1. The lowest BCUT2D eigenvalue weighted by Crippen LogP contribution is -2.17. The van der Waals surface area contributed by atoms with E-state index in [2.05, 4.69) is 19.2 Å². The van der Waals surface area contributed by atoms with Gasteiger partial charge in [0.1, 0.15) is 5.75 Å². The van der Waals surface area contributed by atoms with Crippen molar-refractivity contribution in [3.05, 3.63) is 27.7 Å². The first kappa shape index (κ1) is 19.6. The average molecular weight is 348 g/mol. The number of benzene rings is 1. The third kappa shape index (κ3) is 7.68. The number of rotatable bonds is 12. The minimum Gasteiger partial charge on any atom is -0.492 e. The first-order valence-corrected chi connectivity index (χ1v) is 8.83. The Morgan fingerprint density at radius 3 is 2.50 bits per heavy atom. The smallest absolute Gasteiger partial charge is 0.142 e. The Morgan fingerprint density at radius 2 is 1.77 bits per heavy atom. The van der Waals surface area contributed by atoms with Gasteiger partial charge in [0, 0.05) is 30.3 Å². The number of hydrogen-bond donors (Lipinski definition) is 1. The Hall–Kier alpha value is -0.480. The summed E-state index contributed by atoms with van der Waals surface area (Å²) in [6, 6.07) is 3.63. The molecule has 0 saturated carbocycles. The van der Waals surface area contributed by atoms with E-state index in [0.29, 0.717) is 23.2 Å². The highest BCUT2D eigenvalue weighted by Gasteiger charge is 2.10. The standard InChI is InChI=1S/C17H27Cl2NO2/c1-3-5-9-21-10-6-7-20-13-14-11-15(18)12-16(19)17(14)22-8-4-2/h11-12,20H,3-10,13H2,1-2H3. The molecule has 0 bridgehead atoms. The van der Waals surface area contributed by atoms with Crippen LogP contribution in [0.4, 0.5) is 0 Å². The van der Waals surface area contributed by atoms with E-state index < -0.39 is 0 Å². The summed E-state index contributed by atoms with van der Waals surface area (Å²) in [6.07, 6.45) is 4.24. The van der Waals surface area contributed by atoms with Gasteiger partial charge in [-0.25, -0.2) is 0 Å². The molecule has 0 aromatic heterocycles. The summed E-state index contributed by atoms with van der Waals surface area (Å²) < 4.78 is 11.3. The lowest BCUT2D eigenvalue weighted by Gasteiger charge is -2.14. The van der Waals surface area contributed by atoms with Gasteiger partial charge in [-0.1, -0.05) is 43.5 Å². The molecule has 0 radical (unpaired) electrons. The molecule has 0 spiro atoms. The Balaban J connectivity index is 2.37. The van der Waals surface area contributed by atoms with Gasteiger partial charge in [0.2, 0.25) is 0 Å². The number of ether oxygens (including phenoxy) is 2. The summed E-state index contributed by atoms with van der Waals surface area (Å²) in [5, 5.41) is 4.59. The molecular formula is C17H27Cl2NO2. The van der Waals surface area contributed by atoms with Gasteiger partial charge < -0.3 is 14.8 Å². The quantitative estimate of drug-likeness (QED) is 0.535. The van der Waals surface area contributed by atoms with Gasteiger partial charge in [-0.2, -0.15) is 0 Å². The Bertz CT molecular complexity index is 427. The number of unbranched alkanes of at least 4 members (excludes halogenated alkanes) is 1. The average Bonchev–Trinajstić information content (AvgIpc) is 2.49. The largest absolute Gasteiger partial charge is 0.492 e. The van der Waals surface area contributed by atoms with Crippen LogP contribution in [0.2, 0.25) is 10.0 Å². The van der Waals surface area contributed by atoms with Gasteiger partial charge in [-0.3, -0.25) is 0 Å². The molecule has 5 heteroatoms. The molecule has 1 aromatic rings. The molecule has 0 heterocycles. The van der Waals surface area contributed by atoms with Crippen LogP contribution >= 0.6 is 23.2 Å². The minimum absolute atomic E-state index is 0.570. The molecule has 1 aromatic carbocycles. The minimum atomic E-state index is 0.570. The Morgan fingerprint density at radius 1 is 1.00 bits per heavy atom. The number of nitrogens with one attached hydrogen (secondary N) is 1. The van der Waals surface area contributed by atoms with Crippen molar-refractivity contribution in [3.8, 4) is 5.75 Å². The second-order valence-corrected chi connectivity index (χ2v) is 6.06. The predicted molar refractivity (Wildman–Crippen MR) is 94.3 cm³/mol. The van der Waals surface area contributed by atoms with Crippen molar-refractivity contribution in [1.82, 2.24) is 5.32 Å². The summed E-state index contributed by atoms with van der Waals surface area (Å²) >= 11 is 12.3. The monoisotopic (exact) mass is 347 g/mol. The third-order valence-corrected chi connectivity index (χ3v) is 3.63. The van der Waals surface area contributed by atoms with Crippen LogP contribution in [0, 0.1) is 0 Å². The normalized spacial score (nSPS) is 10.9. The molecule has 0 fully saturated rings. The molecule has 1 rings (SSSR count). The summed E-state index contributed by atoms with van der Waals surface area (Å²) in [5.41, 5.74) is 0.998. The maximum atomic E-state index is 6.22. The molecular weight excluding hydrogens is 321 g/mol. The summed E-state index contributed by atoms with van der Waals surface area (Å²) in [7, 11) is 0. The van der Waals surface area contributed by atoms with E-state index in [9.17, 15) is 0 Å². The fourth-order valence-electron chi connectivity index (χ4n) is 1.98. The molecule has 0 atom stereocenters. The van der Waals surface area contributed by atoms with Gasteiger partial charge in [0.15, 0.2) is 0 Å². The van der Waals surface area contributed by atoms with E-state index in [0.717, 1.165) is 50.3 Å². The molecule has 0 saturated heterocycles. The van der Waals surface area contributed by atoms with Crippen LogP contribution < -0.4 is 10.1 Å². The molecule has 0 unspecified atom stereocenters. The number of hydrogen-bond acceptors (Lipinski definition) is 3. The summed E-state index contributed by atoms with van der Waals surface area (Å²) in [5.74, 6) is 0.736. The van der Waals surface area contributed by atoms with Crippen LogP contribution in [-0.4, -0.2) is 26.4 Å². The zero-order valence-electron chi connectivity index (χ0n) is 13.6. The Labute approximate surface area is 144 Å². The fraction of sp³-hybridized carbons (Fsp3) is 0.647. The van der Waals surface area contributed by atoms with Crippen molar-refractivity contribution in [1.29, 1.82) is 0 Å².